The zero-order valence-corrected chi connectivity index (χ0v) is 16.1. The van der Waals surface area contributed by atoms with Gasteiger partial charge in [0.15, 0.2) is 5.13 Å². The van der Waals surface area contributed by atoms with Gasteiger partial charge in [-0.25, -0.2) is 4.98 Å². The molecule has 0 radical (unpaired) electrons. The van der Waals surface area contributed by atoms with Crippen molar-refractivity contribution in [3.63, 3.8) is 0 Å². The van der Waals surface area contributed by atoms with Crippen molar-refractivity contribution in [1.29, 1.82) is 0 Å². The van der Waals surface area contributed by atoms with E-state index in [-0.39, 0.29) is 5.91 Å². The van der Waals surface area contributed by atoms with E-state index in [4.69, 9.17) is 0 Å². The Labute approximate surface area is 154 Å². The Morgan fingerprint density at radius 1 is 1.36 bits per heavy atom. The third-order valence-corrected chi connectivity index (χ3v) is 5.81. The fourth-order valence-corrected chi connectivity index (χ4v) is 3.89. The molecule has 0 atom stereocenters. The minimum Gasteiger partial charge on any atom is -0.292 e. The van der Waals surface area contributed by atoms with Crippen molar-refractivity contribution in [2.45, 2.75) is 31.7 Å². The highest BCUT2D eigenvalue weighted by Crippen LogP contribution is 2.27. The molecular formula is C16H18N6OS2. The Hall–Kier alpha value is -2.26. The summed E-state index contributed by atoms with van der Waals surface area (Å²) in [4.78, 5) is 17.4. The lowest BCUT2D eigenvalue weighted by atomic mass is 10.1. The fraction of sp³-hybridized carbons (Fsp3) is 0.312. The Morgan fingerprint density at radius 2 is 2.16 bits per heavy atom. The largest absolute Gasteiger partial charge is 0.292 e. The summed E-state index contributed by atoms with van der Waals surface area (Å²) in [5.41, 5.74) is 4.22. The molecule has 1 amide bonds. The van der Waals surface area contributed by atoms with Crippen LogP contribution < -0.4 is 4.90 Å². The SMILES string of the molecule is CC(=O)N(C)c1nc(CSc2nnnn2-c2cccc(C)c2C)cs1. The molecule has 0 aliphatic rings. The molecule has 2 heterocycles. The van der Waals surface area contributed by atoms with E-state index in [1.54, 1.807) is 16.6 Å². The van der Waals surface area contributed by atoms with Crippen molar-refractivity contribution in [3.8, 4) is 5.69 Å². The highest BCUT2D eigenvalue weighted by Gasteiger charge is 2.14. The lowest BCUT2D eigenvalue weighted by molar-refractivity contribution is -0.116. The van der Waals surface area contributed by atoms with Crippen LogP contribution in [0.15, 0.2) is 28.7 Å². The maximum Gasteiger partial charge on any atom is 0.225 e. The van der Waals surface area contributed by atoms with Gasteiger partial charge in [0.25, 0.3) is 0 Å². The molecule has 0 fully saturated rings. The summed E-state index contributed by atoms with van der Waals surface area (Å²) >= 11 is 2.97. The van der Waals surface area contributed by atoms with Crippen LogP contribution in [0.1, 0.15) is 23.7 Å². The molecule has 9 heteroatoms. The summed E-state index contributed by atoms with van der Waals surface area (Å²) in [7, 11) is 1.72. The minimum atomic E-state index is -0.0348. The fourth-order valence-electron chi connectivity index (χ4n) is 2.17. The second-order valence-corrected chi connectivity index (χ2v) is 7.36. The molecule has 3 aromatic rings. The Bertz CT molecular complexity index is 904. The molecule has 1 aromatic carbocycles. The van der Waals surface area contributed by atoms with E-state index in [1.165, 1.54) is 35.6 Å². The Balaban J connectivity index is 1.76. The summed E-state index contributed by atoms with van der Waals surface area (Å²) < 4.78 is 1.75. The van der Waals surface area contributed by atoms with Crippen molar-refractivity contribution >= 4 is 34.1 Å². The van der Waals surface area contributed by atoms with Crippen molar-refractivity contribution in [2.75, 3.05) is 11.9 Å². The first-order chi connectivity index (χ1) is 12.0. The standard InChI is InChI=1S/C16H18N6OS2/c1-10-6-5-7-14(11(10)2)22-16(18-19-20-22)25-9-13-8-24-15(17-13)21(4)12(3)23/h5-8H,9H2,1-4H3. The number of benzene rings is 1. The minimum absolute atomic E-state index is 0.0348. The van der Waals surface area contributed by atoms with Crippen LogP contribution in [0.2, 0.25) is 0 Å². The number of rotatable bonds is 5. The zero-order valence-electron chi connectivity index (χ0n) is 14.4. The van der Waals surface area contributed by atoms with E-state index in [2.05, 4.69) is 40.4 Å². The van der Waals surface area contributed by atoms with E-state index in [0.29, 0.717) is 16.0 Å². The predicted octanol–water partition coefficient (Wildman–Crippen LogP) is 3.01. The summed E-state index contributed by atoms with van der Waals surface area (Å²) in [5, 5.41) is 15.4. The number of hydrogen-bond acceptors (Lipinski definition) is 7. The van der Waals surface area contributed by atoms with E-state index in [0.717, 1.165) is 16.9 Å². The molecule has 0 saturated carbocycles. The van der Waals surface area contributed by atoms with E-state index in [9.17, 15) is 4.79 Å². The molecule has 0 saturated heterocycles. The molecule has 0 spiro atoms. The van der Waals surface area contributed by atoms with Crippen LogP contribution in [-0.4, -0.2) is 38.1 Å². The van der Waals surface area contributed by atoms with E-state index >= 15 is 0 Å². The lowest BCUT2D eigenvalue weighted by Gasteiger charge is -2.10. The van der Waals surface area contributed by atoms with Gasteiger partial charge in [0.1, 0.15) is 0 Å². The predicted molar refractivity (Wildman–Crippen MR) is 99.4 cm³/mol. The van der Waals surface area contributed by atoms with Gasteiger partial charge in [-0.1, -0.05) is 23.9 Å². The summed E-state index contributed by atoms with van der Waals surface area (Å²) in [6, 6.07) is 6.07. The maximum atomic E-state index is 11.4. The van der Waals surface area contributed by atoms with Gasteiger partial charge in [0.2, 0.25) is 11.1 Å². The number of aryl methyl sites for hydroxylation is 1. The Morgan fingerprint density at radius 3 is 2.92 bits per heavy atom. The first-order valence-corrected chi connectivity index (χ1v) is 9.50. The third-order valence-electron chi connectivity index (χ3n) is 3.89. The number of carbonyl (C=O) groups is 1. The topological polar surface area (TPSA) is 76.8 Å². The van der Waals surface area contributed by atoms with Gasteiger partial charge in [-0.15, -0.1) is 16.4 Å². The molecule has 130 valence electrons. The van der Waals surface area contributed by atoms with Gasteiger partial charge in [0.05, 0.1) is 11.4 Å². The van der Waals surface area contributed by atoms with Gasteiger partial charge >= 0.3 is 0 Å². The zero-order chi connectivity index (χ0) is 18.0. The van der Waals surface area contributed by atoms with Gasteiger partial charge in [0, 0.05) is 25.1 Å². The quantitative estimate of drug-likeness (QED) is 0.639. The molecule has 0 bridgehead atoms. The molecule has 0 aliphatic heterocycles. The van der Waals surface area contributed by atoms with Crippen molar-refractivity contribution in [2.24, 2.45) is 0 Å². The molecule has 2 aromatic heterocycles. The van der Waals surface area contributed by atoms with Crippen LogP contribution >= 0.6 is 23.1 Å². The summed E-state index contributed by atoms with van der Waals surface area (Å²) in [6.07, 6.45) is 0. The molecule has 3 rings (SSSR count). The lowest BCUT2D eigenvalue weighted by Crippen LogP contribution is -2.22. The number of tetrazole rings is 1. The summed E-state index contributed by atoms with van der Waals surface area (Å²) in [5.74, 6) is 0.598. The maximum absolute atomic E-state index is 11.4. The smallest absolute Gasteiger partial charge is 0.225 e. The summed E-state index contributed by atoms with van der Waals surface area (Å²) in [6.45, 7) is 5.65. The average Bonchev–Trinajstić information content (AvgIpc) is 3.23. The number of nitrogens with zero attached hydrogens (tertiary/aromatic N) is 6. The third kappa shape index (κ3) is 3.72. The number of amides is 1. The van der Waals surface area contributed by atoms with Crippen LogP contribution in [0.25, 0.3) is 5.69 Å². The van der Waals surface area contributed by atoms with Gasteiger partial charge in [-0.3, -0.25) is 9.69 Å². The van der Waals surface area contributed by atoms with Gasteiger partial charge in [-0.05, 0) is 41.5 Å². The van der Waals surface area contributed by atoms with E-state index in [1.807, 2.05) is 17.5 Å². The highest BCUT2D eigenvalue weighted by molar-refractivity contribution is 7.98. The number of carbonyl (C=O) groups excluding carboxylic acids is 1. The molecular weight excluding hydrogens is 356 g/mol. The number of hydrogen-bond donors (Lipinski definition) is 0. The average molecular weight is 374 g/mol. The normalized spacial score (nSPS) is 10.9. The number of anilines is 1. The highest BCUT2D eigenvalue weighted by atomic mass is 32.2. The Kier molecular flexibility index (Phi) is 5.14. The number of aromatic nitrogens is 5. The monoisotopic (exact) mass is 374 g/mol. The van der Waals surface area contributed by atoms with Crippen LogP contribution in [-0.2, 0) is 10.5 Å². The van der Waals surface area contributed by atoms with Gasteiger partial charge in [-0.2, -0.15) is 4.68 Å². The molecule has 0 N–H and O–H groups in total. The number of thiazole rings is 1. The van der Waals surface area contributed by atoms with Crippen molar-refractivity contribution in [1.82, 2.24) is 25.2 Å². The first kappa shape index (κ1) is 17.6. The van der Waals surface area contributed by atoms with Crippen molar-refractivity contribution in [3.05, 3.63) is 40.4 Å². The van der Waals surface area contributed by atoms with Crippen molar-refractivity contribution < 1.29 is 4.79 Å². The van der Waals surface area contributed by atoms with Crippen LogP contribution in [0.3, 0.4) is 0 Å². The second-order valence-electron chi connectivity index (χ2n) is 5.58. The van der Waals surface area contributed by atoms with Crippen LogP contribution in [0, 0.1) is 13.8 Å². The molecule has 0 aliphatic carbocycles. The first-order valence-electron chi connectivity index (χ1n) is 7.64. The molecule has 0 unspecified atom stereocenters. The molecule has 7 nitrogen and oxygen atoms in total. The second kappa shape index (κ2) is 7.32. The van der Waals surface area contributed by atoms with Crippen LogP contribution in [0.4, 0.5) is 5.13 Å². The van der Waals surface area contributed by atoms with E-state index < -0.39 is 0 Å². The van der Waals surface area contributed by atoms with Crippen LogP contribution in [0.5, 0.6) is 0 Å². The number of thioether (sulfide) groups is 1. The molecule has 25 heavy (non-hydrogen) atoms. The van der Waals surface area contributed by atoms with Gasteiger partial charge < -0.3 is 0 Å².